The van der Waals surface area contributed by atoms with Crippen molar-refractivity contribution < 1.29 is 4.79 Å². The maximum atomic E-state index is 11.7. The molecular weight excluding hydrogens is 244 g/mol. The molecule has 0 spiro atoms. The summed E-state index contributed by atoms with van der Waals surface area (Å²) in [5.41, 5.74) is 2.65. The number of thioether (sulfide) groups is 1. The van der Waals surface area contributed by atoms with Gasteiger partial charge in [0.2, 0.25) is 5.91 Å². The van der Waals surface area contributed by atoms with Crippen LogP contribution in [0.2, 0.25) is 0 Å². The zero-order valence-electron chi connectivity index (χ0n) is 10.9. The topological polar surface area (TPSA) is 23.6 Å². The summed E-state index contributed by atoms with van der Waals surface area (Å²) in [7, 11) is 3.98. The van der Waals surface area contributed by atoms with Crippen molar-refractivity contribution in [2.24, 2.45) is 0 Å². The molecule has 0 unspecified atom stereocenters. The Balaban J connectivity index is 2.56. The molecule has 0 aromatic heterocycles. The number of hydrogen-bond donors (Lipinski definition) is 0. The van der Waals surface area contributed by atoms with Gasteiger partial charge in [0.25, 0.3) is 0 Å². The van der Waals surface area contributed by atoms with Gasteiger partial charge in [-0.15, -0.1) is 0 Å². The summed E-state index contributed by atoms with van der Waals surface area (Å²) in [6, 6.07) is 6.01. The quantitative estimate of drug-likeness (QED) is 0.774. The zero-order chi connectivity index (χ0) is 13.4. The molecule has 3 nitrogen and oxygen atoms in total. The molecule has 1 aliphatic rings. The van der Waals surface area contributed by atoms with Crippen molar-refractivity contribution in [3.63, 3.8) is 0 Å². The van der Waals surface area contributed by atoms with E-state index in [1.54, 1.807) is 16.7 Å². The molecule has 1 amide bonds. The van der Waals surface area contributed by atoms with Crippen LogP contribution in [-0.4, -0.2) is 20.0 Å². The largest absolute Gasteiger partial charge is 0.378 e. The third-order valence-corrected chi connectivity index (χ3v) is 3.87. The maximum absolute atomic E-state index is 11.7. The zero-order valence-corrected chi connectivity index (χ0v) is 11.7. The highest BCUT2D eigenvalue weighted by Gasteiger charge is 2.26. The molecule has 0 atom stereocenters. The molecule has 1 aliphatic heterocycles. The first-order chi connectivity index (χ1) is 8.41. The van der Waals surface area contributed by atoms with Gasteiger partial charge in [-0.1, -0.05) is 24.9 Å². The lowest BCUT2D eigenvalue weighted by molar-refractivity contribution is -0.116. The Kier molecular flexibility index (Phi) is 3.22. The summed E-state index contributed by atoms with van der Waals surface area (Å²) in [5.74, 6) is -0.0414. The molecule has 0 fully saturated rings. The lowest BCUT2D eigenvalue weighted by Crippen LogP contribution is -2.30. The first-order valence-electron chi connectivity index (χ1n) is 5.60. The van der Waals surface area contributed by atoms with E-state index in [0.717, 1.165) is 21.2 Å². The van der Waals surface area contributed by atoms with Gasteiger partial charge in [-0.2, -0.15) is 0 Å². The van der Waals surface area contributed by atoms with Gasteiger partial charge in [0.05, 0.1) is 11.4 Å². The molecule has 0 aliphatic carbocycles. The van der Waals surface area contributed by atoms with Crippen molar-refractivity contribution in [2.45, 2.75) is 11.8 Å². The number of carbonyl (C=O) groups excluding carboxylic acids is 1. The Labute approximate surface area is 112 Å². The van der Waals surface area contributed by atoms with Crippen LogP contribution in [0.15, 0.2) is 46.9 Å². The smallest absolute Gasteiger partial charge is 0.228 e. The fourth-order valence-electron chi connectivity index (χ4n) is 1.87. The van der Waals surface area contributed by atoms with Crippen molar-refractivity contribution in [3.05, 3.63) is 42.0 Å². The van der Waals surface area contributed by atoms with Crippen LogP contribution in [0.5, 0.6) is 0 Å². The van der Waals surface area contributed by atoms with Gasteiger partial charge in [-0.05, 0) is 18.2 Å². The van der Waals surface area contributed by atoms with E-state index < -0.39 is 0 Å². The maximum Gasteiger partial charge on any atom is 0.228 e. The fourth-order valence-corrected chi connectivity index (χ4v) is 2.79. The van der Waals surface area contributed by atoms with Crippen LogP contribution in [0.25, 0.3) is 0 Å². The molecule has 0 bridgehead atoms. The van der Waals surface area contributed by atoms with Crippen LogP contribution >= 0.6 is 11.8 Å². The van der Waals surface area contributed by atoms with Crippen molar-refractivity contribution in [1.82, 2.24) is 0 Å². The predicted molar refractivity (Wildman–Crippen MR) is 78.1 cm³/mol. The minimum Gasteiger partial charge on any atom is -0.378 e. The van der Waals surface area contributed by atoms with Gasteiger partial charge in [-0.25, -0.2) is 0 Å². The molecule has 4 heteroatoms. The van der Waals surface area contributed by atoms with Crippen LogP contribution in [0, 0.1) is 0 Å². The van der Waals surface area contributed by atoms with Crippen LogP contribution in [0.3, 0.4) is 0 Å². The minimum absolute atomic E-state index is 0.0414. The molecule has 1 aromatic carbocycles. The van der Waals surface area contributed by atoms with E-state index >= 15 is 0 Å². The second-order valence-corrected chi connectivity index (χ2v) is 5.51. The second-order valence-electron chi connectivity index (χ2n) is 4.37. The van der Waals surface area contributed by atoms with E-state index in [1.807, 2.05) is 31.1 Å². The number of fused-ring (bicyclic) bond motifs is 1. The van der Waals surface area contributed by atoms with Gasteiger partial charge in [0, 0.05) is 36.5 Å². The Hall–Kier alpha value is -1.68. The molecule has 18 heavy (non-hydrogen) atoms. The number of benzene rings is 1. The van der Waals surface area contributed by atoms with Gasteiger partial charge >= 0.3 is 0 Å². The highest BCUT2D eigenvalue weighted by atomic mass is 32.2. The molecule has 0 N–H and O–H groups in total. The van der Waals surface area contributed by atoms with Crippen molar-refractivity contribution in [3.8, 4) is 0 Å². The average molecular weight is 260 g/mol. The fraction of sp³-hybridized carbons (Fsp3) is 0.214. The van der Waals surface area contributed by atoms with Gasteiger partial charge in [-0.3, -0.25) is 9.69 Å². The first-order valence-corrected chi connectivity index (χ1v) is 6.41. The Morgan fingerprint density at radius 2 is 2.00 bits per heavy atom. The van der Waals surface area contributed by atoms with E-state index in [0.29, 0.717) is 5.70 Å². The standard InChI is InChI=1S/C14H16N2OS/c1-9-10(2)18-14-8-12(15(4)5)6-7-13(14)16(9)11(3)17/h6-8H,1-2H2,3-5H3. The summed E-state index contributed by atoms with van der Waals surface area (Å²) >= 11 is 1.56. The minimum atomic E-state index is -0.0414. The molecule has 0 radical (unpaired) electrons. The second kappa shape index (κ2) is 4.53. The van der Waals surface area contributed by atoms with E-state index in [2.05, 4.69) is 19.2 Å². The molecule has 2 rings (SSSR count). The lowest BCUT2D eigenvalue weighted by atomic mass is 10.2. The van der Waals surface area contributed by atoms with E-state index in [4.69, 9.17) is 0 Å². The monoisotopic (exact) mass is 260 g/mol. The highest BCUT2D eigenvalue weighted by Crippen LogP contribution is 2.45. The van der Waals surface area contributed by atoms with E-state index in [9.17, 15) is 4.79 Å². The van der Waals surface area contributed by atoms with Crippen LogP contribution in [-0.2, 0) is 4.79 Å². The number of nitrogens with zero attached hydrogens (tertiary/aromatic N) is 2. The Morgan fingerprint density at radius 1 is 1.33 bits per heavy atom. The number of amides is 1. The lowest BCUT2D eigenvalue weighted by Gasteiger charge is -2.32. The van der Waals surface area contributed by atoms with Gasteiger partial charge < -0.3 is 4.90 Å². The predicted octanol–water partition coefficient (Wildman–Crippen LogP) is 3.24. The third kappa shape index (κ3) is 2.04. The van der Waals surface area contributed by atoms with E-state index in [1.165, 1.54) is 6.92 Å². The third-order valence-electron chi connectivity index (χ3n) is 2.84. The van der Waals surface area contributed by atoms with Gasteiger partial charge in [0.15, 0.2) is 0 Å². The summed E-state index contributed by atoms with van der Waals surface area (Å²) in [6.45, 7) is 9.43. The van der Waals surface area contributed by atoms with Gasteiger partial charge in [0.1, 0.15) is 0 Å². The molecule has 1 heterocycles. The summed E-state index contributed by atoms with van der Waals surface area (Å²) < 4.78 is 0. The summed E-state index contributed by atoms with van der Waals surface area (Å²) in [6.07, 6.45) is 0. The SMILES string of the molecule is C=C1Sc2cc(N(C)C)ccc2N(C(C)=O)C1=C. The Morgan fingerprint density at radius 3 is 2.56 bits per heavy atom. The average Bonchev–Trinajstić information content (AvgIpc) is 2.29. The van der Waals surface area contributed by atoms with Crippen molar-refractivity contribution >= 4 is 29.0 Å². The Bertz CT molecular complexity index is 549. The molecule has 1 aromatic rings. The van der Waals surface area contributed by atoms with Crippen molar-refractivity contribution in [1.29, 1.82) is 0 Å². The molecule has 0 saturated carbocycles. The molecule has 94 valence electrons. The number of anilines is 2. The van der Waals surface area contributed by atoms with E-state index in [-0.39, 0.29) is 5.91 Å². The normalized spacial score (nSPS) is 14.5. The number of carbonyl (C=O) groups is 1. The van der Waals surface area contributed by atoms with Crippen LogP contribution < -0.4 is 9.80 Å². The molecular formula is C14H16N2OS. The first kappa shape index (κ1) is 12.8. The number of hydrogen-bond acceptors (Lipinski definition) is 3. The van der Waals surface area contributed by atoms with Crippen LogP contribution in [0.1, 0.15) is 6.92 Å². The van der Waals surface area contributed by atoms with Crippen LogP contribution in [0.4, 0.5) is 11.4 Å². The summed E-state index contributed by atoms with van der Waals surface area (Å²) in [5, 5.41) is 0. The van der Waals surface area contributed by atoms with Crippen molar-refractivity contribution in [2.75, 3.05) is 23.9 Å². The summed E-state index contributed by atoms with van der Waals surface area (Å²) in [4.78, 5) is 17.2. The highest BCUT2D eigenvalue weighted by molar-refractivity contribution is 8.03. The molecule has 0 saturated heterocycles. The number of rotatable bonds is 1.